The van der Waals surface area contributed by atoms with E-state index < -0.39 is 0 Å². The van der Waals surface area contributed by atoms with Gasteiger partial charge in [-0.3, -0.25) is 9.59 Å². The molecule has 7 heteroatoms. The van der Waals surface area contributed by atoms with Gasteiger partial charge in [-0.1, -0.05) is 30.3 Å². The van der Waals surface area contributed by atoms with Crippen molar-refractivity contribution in [1.82, 2.24) is 0 Å². The quantitative estimate of drug-likeness (QED) is 0.452. The van der Waals surface area contributed by atoms with Gasteiger partial charge in [0.15, 0.2) is 6.61 Å². The molecule has 1 N–H and O–H groups in total. The molecule has 2 amide bonds. The third kappa shape index (κ3) is 6.07. The van der Waals surface area contributed by atoms with Crippen LogP contribution in [0.4, 0.5) is 11.4 Å². The minimum absolute atomic E-state index is 0.00484. The van der Waals surface area contributed by atoms with Crippen LogP contribution in [-0.2, 0) is 16.0 Å². The molecule has 3 aromatic carbocycles. The molecule has 0 unspecified atom stereocenters. The molecule has 3 aromatic rings. The van der Waals surface area contributed by atoms with E-state index in [1.165, 1.54) is 0 Å². The maximum Gasteiger partial charge on any atom is 0.265 e. The summed E-state index contributed by atoms with van der Waals surface area (Å²) in [6.45, 7) is 0.939. The van der Waals surface area contributed by atoms with Crippen molar-refractivity contribution in [3.05, 3.63) is 78.4 Å². The number of fused-ring (bicyclic) bond motifs is 1. The van der Waals surface area contributed by atoms with Crippen molar-refractivity contribution >= 4 is 23.2 Å². The smallest absolute Gasteiger partial charge is 0.265 e. The van der Waals surface area contributed by atoms with Gasteiger partial charge in [-0.05, 0) is 60.9 Å². The molecule has 34 heavy (non-hydrogen) atoms. The van der Waals surface area contributed by atoms with Crippen LogP contribution in [-0.4, -0.2) is 38.7 Å². The summed E-state index contributed by atoms with van der Waals surface area (Å²) in [5, 5.41) is 2.93. The van der Waals surface area contributed by atoms with Crippen molar-refractivity contribution in [3.63, 3.8) is 0 Å². The van der Waals surface area contributed by atoms with Crippen molar-refractivity contribution in [2.75, 3.05) is 37.1 Å². The highest BCUT2D eigenvalue weighted by atomic mass is 16.5. The van der Waals surface area contributed by atoms with Gasteiger partial charge in [0.25, 0.3) is 5.91 Å². The lowest BCUT2D eigenvalue weighted by molar-refractivity contribution is -0.121. The SMILES string of the molecule is COc1ccc(OCCCN2C(=O)COc3ccc(NC(=O)CCc4ccccc4)cc32)cc1. The van der Waals surface area contributed by atoms with E-state index in [0.717, 1.165) is 17.1 Å². The van der Waals surface area contributed by atoms with Crippen molar-refractivity contribution < 1.29 is 23.8 Å². The van der Waals surface area contributed by atoms with E-state index in [1.807, 2.05) is 54.6 Å². The molecule has 176 valence electrons. The standard InChI is InChI=1S/C27H28N2O5/c1-32-22-10-12-23(13-11-22)33-17-5-16-29-24-18-21(9-14-25(24)34-19-27(29)31)28-26(30)15-8-20-6-3-2-4-7-20/h2-4,6-7,9-14,18H,5,8,15-17,19H2,1H3,(H,28,30). The van der Waals surface area contributed by atoms with Crippen LogP contribution < -0.4 is 24.4 Å². The maximum absolute atomic E-state index is 12.5. The van der Waals surface area contributed by atoms with Crippen LogP contribution in [0, 0.1) is 0 Å². The van der Waals surface area contributed by atoms with E-state index in [4.69, 9.17) is 14.2 Å². The Bertz CT molecular complexity index is 1120. The molecule has 7 nitrogen and oxygen atoms in total. The molecule has 1 aliphatic rings. The number of amides is 2. The Kier molecular flexibility index (Phi) is 7.65. The van der Waals surface area contributed by atoms with Gasteiger partial charge in [0.2, 0.25) is 5.91 Å². The Balaban J connectivity index is 1.33. The predicted octanol–water partition coefficient (Wildman–Crippen LogP) is 4.46. The fourth-order valence-electron chi connectivity index (χ4n) is 3.74. The Morgan fingerprint density at radius 3 is 2.56 bits per heavy atom. The summed E-state index contributed by atoms with van der Waals surface area (Å²) >= 11 is 0. The molecule has 1 aliphatic heterocycles. The zero-order chi connectivity index (χ0) is 23.8. The highest BCUT2D eigenvalue weighted by Crippen LogP contribution is 2.34. The van der Waals surface area contributed by atoms with E-state index in [1.54, 1.807) is 30.2 Å². The lowest BCUT2D eigenvalue weighted by Crippen LogP contribution is -2.39. The first-order valence-corrected chi connectivity index (χ1v) is 11.3. The molecule has 0 radical (unpaired) electrons. The van der Waals surface area contributed by atoms with Crippen molar-refractivity contribution in [1.29, 1.82) is 0 Å². The number of methoxy groups -OCH3 is 1. The number of nitrogens with one attached hydrogen (secondary N) is 1. The van der Waals surface area contributed by atoms with Gasteiger partial charge in [-0.2, -0.15) is 0 Å². The number of anilines is 2. The summed E-state index contributed by atoms with van der Waals surface area (Å²) in [7, 11) is 1.62. The topological polar surface area (TPSA) is 77.1 Å². The largest absolute Gasteiger partial charge is 0.497 e. The van der Waals surface area contributed by atoms with E-state index >= 15 is 0 Å². The van der Waals surface area contributed by atoms with Crippen molar-refractivity contribution in [3.8, 4) is 17.2 Å². The predicted molar refractivity (Wildman–Crippen MR) is 131 cm³/mol. The third-order valence-corrected chi connectivity index (χ3v) is 5.52. The van der Waals surface area contributed by atoms with Crippen LogP contribution in [0.15, 0.2) is 72.8 Å². The van der Waals surface area contributed by atoms with Crippen LogP contribution in [0.2, 0.25) is 0 Å². The van der Waals surface area contributed by atoms with Crippen LogP contribution in [0.3, 0.4) is 0 Å². The van der Waals surface area contributed by atoms with E-state index in [-0.39, 0.29) is 18.4 Å². The van der Waals surface area contributed by atoms with Gasteiger partial charge < -0.3 is 24.4 Å². The second-order valence-electron chi connectivity index (χ2n) is 7.93. The Hall–Kier alpha value is -4.00. The molecule has 0 saturated heterocycles. The maximum atomic E-state index is 12.5. The van der Waals surface area contributed by atoms with Crippen molar-refractivity contribution in [2.45, 2.75) is 19.3 Å². The molecular formula is C27H28N2O5. The van der Waals surface area contributed by atoms with E-state index in [0.29, 0.717) is 49.5 Å². The number of hydrogen-bond donors (Lipinski definition) is 1. The van der Waals surface area contributed by atoms with E-state index in [2.05, 4.69) is 5.32 Å². The number of ether oxygens (including phenoxy) is 3. The number of carbonyl (C=O) groups is 2. The first-order valence-electron chi connectivity index (χ1n) is 11.3. The average molecular weight is 461 g/mol. The molecule has 0 aromatic heterocycles. The van der Waals surface area contributed by atoms with Gasteiger partial charge in [0.1, 0.15) is 17.2 Å². The second kappa shape index (κ2) is 11.2. The van der Waals surface area contributed by atoms with Crippen LogP contribution in [0.25, 0.3) is 0 Å². The first kappa shape index (κ1) is 23.2. The summed E-state index contributed by atoms with van der Waals surface area (Å²) in [4.78, 5) is 26.7. The highest BCUT2D eigenvalue weighted by molar-refractivity contribution is 5.99. The number of rotatable bonds is 10. The van der Waals surface area contributed by atoms with Gasteiger partial charge in [0, 0.05) is 18.7 Å². The molecule has 0 aliphatic carbocycles. The number of carbonyl (C=O) groups excluding carboxylic acids is 2. The molecule has 0 fully saturated rings. The van der Waals surface area contributed by atoms with Crippen LogP contribution >= 0.6 is 0 Å². The summed E-state index contributed by atoms with van der Waals surface area (Å²) in [5.41, 5.74) is 2.40. The van der Waals surface area contributed by atoms with Gasteiger partial charge >= 0.3 is 0 Å². The monoisotopic (exact) mass is 460 g/mol. The zero-order valence-electron chi connectivity index (χ0n) is 19.2. The molecule has 0 saturated carbocycles. The second-order valence-corrected chi connectivity index (χ2v) is 7.93. The number of benzene rings is 3. The molecule has 0 bridgehead atoms. The molecule has 0 spiro atoms. The average Bonchev–Trinajstić information content (AvgIpc) is 2.87. The summed E-state index contributed by atoms with van der Waals surface area (Å²) in [6, 6.07) is 22.6. The fraction of sp³-hybridized carbons (Fsp3) is 0.259. The van der Waals surface area contributed by atoms with Crippen LogP contribution in [0.1, 0.15) is 18.4 Å². The Labute approximate surface area is 199 Å². The number of aryl methyl sites for hydroxylation is 1. The minimum Gasteiger partial charge on any atom is -0.497 e. The lowest BCUT2D eigenvalue weighted by Gasteiger charge is -2.30. The van der Waals surface area contributed by atoms with Gasteiger partial charge in [-0.25, -0.2) is 0 Å². The third-order valence-electron chi connectivity index (χ3n) is 5.52. The molecule has 4 rings (SSSR count). The lowest BCUT2D eigenvalue weighted by atomic mass is 10.1. The van der Waals surface area contributed by atoms with Crippen molar-refractivity contribution in [2.24, 2.45) is 0 Å². The Morgan fingerprint density at radius 1 is 1.03 bits per heavy atom. The summed E-state index contributed by atoms with van der Waals surface area (Å²) in [5.74, 6) is 1.94. The molecule has 0 atom stereocenters. The number of hydrogen-bond acceptors (Lipinski definition) is 5. The first-order chi connectivity index (χ1) is 16.6. The van der Waals surface area contributed by atoms with E-state index in [9.17, 15) is 9.59 Å². The minimum atomic E-state index is -0.121. The number of nitrogens with zero attached hydrogens (tertiary/aromatic N) is 1. The zero-order valence-corrected chi connectivity index (χ0v) is 19.2. The molecule has 1 heterocycles. The molecular weight excluding hydrogens is 432 g/mol. The highest BCUT2D eigenvalue weighted by Gasteiger charge is 2.25. The summed E-state index contributed by atoms with van der Waals surface area (Å²) < 4.78 is 16.5. The summed E-state index contributed by atoms with van der Waals surface area (Å²) in [6.07, 6.45) is 1.69. The van der Waals surface area contributed by atoms with Gasteiger partial charge in [0.05, 0.1) is 19.4 Å². The Morgan fingerprint density at radius 2 is 1.79 bits per heavy atom. The van der Waals surface area contributed by atoms with Crippen LogP contribution in [0.5, 0.6) is 17.2 Å². The normalized spacial score (nSPS) is 12.5. The fourth-order valence-corrected chi connectivity index (χ4v) is 3.74. The van der Waals surface area contributed by atoms with Gasteiger partial charge in [-0.15, -0.1) is 0 Å².